The fourth-order valence-corrected chi connectivity index (χ4v) is 2.84. The van der Waals surface area contributed by atoms with Crippen LogP contribution in [0, 0.1) is 5.92 Å². The van der Waals surface area contributed by atoms with Gasteiger partial charge in [-0.15, -0.1) is 0 Å². The Balaban J connectivity index is 2.12. The number of carbonyl (C=O) groups excluding carboxylic acids is 2. The third-order valence-corrected chi connectivity index (χ3v) is 4.05. The summed E-state index contributed by atoms with van der Waals surface area (Å²) in [5, 5.41) is 3.62. The van der Waals surface area contributed by atoms with Crippen molar-refractivity contribution in [2.75, 3.05) is 17.7 Å². The number of nitrogen functional groups attached to an aromatic ring is 1. The van der Waals surface area contributed by atoms with Crippen molar-refractivity contribution in [1.82, 2.24) is 4.98 Å². The highest BCUT2D eigenvalue weighted by molar-refractivity contribution is 7.18. The van der Waals surface area contributed by atoms with E-state index in [1.165, 1.54) is 11.3 Å². The monoisotopic (exact) mass is 333 g/mol. The van der Waals surface area contributed by atoms with Gasteiger partial charge in [-0.1, -0.05) is 25.2 Å². The van der Waals surface area contributed by atoms with Crippen molar-refractivity contribution in [3.05, 3.63) is 34.7 Å². The summed E-state index contributed by atoms with van der Waals surface area (Å²) in [5.41, 5.74) is 7.03. The zero-order chi connectivity index (χ0) is 17.0. The van der Waals surface area contributed by atoms with Gasteiger partial charge in [0.05, 0.1) is 12.2 Å². The zero-order valence-corrected chi connectivity index (χ0v) is 14.1. The fourth-order valence-electron chi connectivity index (χ4n) is 1.85. The molecule has 23 heavy (non-hydrogen) atoms. The quantitative estimate of drug-likeness (QED) is 0.621. The van der Waals surface area contributed by atoms with Crippen LogP contribution in [-0.2, 0) is 4.74 Å². The number of esters is 1. The average Bonchev–Trinajstić information content (AvgIpc) is 2.87. The highest BCUT2D eigenvalue weighted by Gasteiger charge is 2.19. The van der Waals surface area contributed by atoms with Crippen molar-refractivity contribution in [2.24, 2.45) is 5.92 Å². The summed E-state index contributed by atoms with van der Waals surface area (Å²) < 4.78 is 4.93. The first-order chi connectivity index (χ1) is 10.9. The van der Waals surface area contributed by atoms with Gasteiger partial charge < -0.3 is 15.8 Å². The lowest BCUT2D eigenvalue weighted by Crippen LogP contribution is -2.07. The lowest BCUT2D eigenvalue weighted by atomic mass is 10.1. The average molecular weight is 333 g/mol. The van der Waals surface area contributed by atoms with Crippen LogP contribution >= 0.6 is 11.3 Å². The van der Waals surface area contributed by atoms with E-state index in [0.29, 0.717) is 22.2 Å². The van der Waals surface area contributed by atoms with Crippen molar-refractivity contribution >= 4 is 39.7 Å². The second-order valence-electron chi connectivity index (χ2n) is 5.18. The van der Waals surface area contributed by atoms with Crippen LogP contribution in [0.3, 0.4) is 0 Å². The molecule has 122 valence electrons. The molecule has 0 radical (unpaired) electrons. The number of aromatic nitrogens is 1. The summed E-state index contributed by atoms with van der Waals surface area (Å²) in [6.45, 7) is 5.74. The third-order valence-electron chi connectivity index (χ3n) is 3.05. The molecular formula is C16H19N3O3S. The minimum Gasteiger partial charge on any atom is -0.462 e. The van der Waals surface area contributed by atoms with Crippen LogP contribution in [0.2, 0.25) is 0 Å². The van der Waals surface area contributed by atoms with Crippen molar-refractivity contribution in [1.29, 1.82) is 0 Å². The van der Waals surface area contributed by atoms with Gasteiger partial charge in [0.2, 0.25) is 0 Å². The van der Waals surface area contributed by atoms with E-state index in [0.717, 1.165) is 5.69 Å². The Morgan fingerprint density at radius 2 is 1.96 bits per heavy atom. The number of nitrogens with one attached hydrogen (secondary N) is 1. The molecule has 1 aromatic heterocycles. The minimum absolute atomic E-state index is 0.0225. The molecule has 0 amide bonds. The Hall–Kier alpha value is -2.41. The van der Waals surface area contributed by atoms with Crippen LogP contribution in [0.25, 0.3) is 0 Å². The molecule has 0 atom stereocenters. The van der Waals surface area contributed by atoms with Crippen LogP contribution < -0.4 is 11.1 Å². The van der Waals surface area contributed by atoms with Gasteiger partial charge in [0, 0.05) is 11.6 Å². The maximum Gasteiger partial charge on any atom is 0.338 e. The molecule has 0 saturated carbocycles. The number of anilines is 3. The Kier molecular flexibility index (Phi) is 5.33. The van der Waals surface area contributed by atoms with Crippen molar-refractivity contribution in [3.8, 4) is 0 Å². The molecule has 1 aromatic carbocycles. The SMILES string of the molecule is CCOC(=O)c1ccc(Nc2nc(N)c(C(=O)C(C)C)s2)cc1. The fraction of sp³-hybridized carbons (Fsp3) is 0.312. The molecule has 0 aliphatic rings. The lowest BCUT2D eigenvalue weighted by molar-refractivity contribution is 0.0526. The van der Waals surface area contributed by atoms with E-state index in [-0.39, 0.29) is 23.5 Å². The second-order valence-corrected chi connectivity index (χ2v) is 6.17. The van der Waals surface area contributed by atoms with Gasteiger partial charge in [0.1, 0.15) is 10.7 Å². The lowest BCUT2D eigenvalue weighted by Gasteiger charge is -2.04. The Labute approximate surface area is 138 Å². The smallest absolute Gasteiger partial charge is 0.338 e. The number of ether oxygens (including phenoxy) is 1. The Morgan fingerprint density at radius 1 is 1.30 bits per heavy atom. The maximum absolute atomic E-state index is 12.0. The molecule has 0 aliphatic heterocycles. The topological polar surface area (TPSA) is 94.3 Å². The van der Waals surface area contributed by atoms with Gasteiger partial charge in [-0.25, -0.2) is 9.78 Å². The van der Waals surface area contributed by atoms with Gasteiger partial charge in [-0.05, 0) is 31.2 Å². The van der Waals surface area contributed by atoms with Crippen molar-refractivity contribution in [2.45, 2.75) is 20.8 Å². The Bertz CT molecular complexity index is 708. The van der Waals surface area contributed by atoms with Gasteiger partial charge in [-0.3, -0.25) is 4.79 Å². The number of Topliss-reactive ketones (excluding diaryl/α,β-unsaturated/α-hetero) is 1. The van der Waals surface area contributed by atoms with Crippen LogP contribution in [0.15, 0.2) is 24.3 Å². The highest BCUT2D eigenvalue weighted by Crippen LogP contribution is 2.29. The number of ketones is 1. The van der Waals surface area contributed by atoms with Gasteiger partial charge in [-0.2, -0.15) is 0 Å². The summed E-state index contributed by atoms with van der Waals surface area (Å²) >= 11 is 1.22. The summed E-state index contributed by atoms with van der Waals surface area (Å²) in [6.07, 6.45) is 0. The molecule has 0 spiro atoms. The molecule has 3 N–H and O–H groups in total. The number of carbonyl (C=O) groups is 2. The molecule has 2 aromatic rings. The summed E-state index contributed by atoms with van der Waals surface area (Å²) in [7, 11) is 0. The normalized spacial score (nSPS) is 10.6. The maximum atomic E-state index is 12.0. The van der Waals surface area contributed by atoms with Gasteiger partial charge in [0.25, 0.3) is 0 Å². The second kappa shape index (κ2) is 7.23. The number of nitrogens with two attached hydrogens (primary N) is 1. The largest absolute Gasteiger partial charge is 0.462 e. The van der Waals surface area contributed by atoms with E-state index in [9.17, 15) is 9.59 Å². The third kappa shape index (κ3) is 4.07. The predicted octanol–water partition coefficient (Wildman–Crippen LogP) is 3.48. The van der Waals surface area contributed by atoms with E-state index in [1.54, 1.807) is 31.2 Å². The van der Waals surface area contributed by atoms with Crippen molar-refractivity contribution < 1.29 is 14.3 Å². The number of hydrogen-bond acceptors (Lipinski definition) is 7. The number of rotatable bonds is 6. The standard InChI is InChI=1S/C16H19N3O3S/c1-4-22-15(21)10-5-7-11(8-6-10)18-16-19-14(17)13(23-16)12(20)9(2)3/h5-9H,4,17H2,1-3H3,(H,18,19). The Morgan fingerprint density at radius 3 is 2.52 bits per heavy atom. The zero-order valence-electron chi connectivity index (χ0n) is 13.3. The first-order valence-electron chi connectivity index (χ1n) is 7.27. The van der Waals surface area contributed by atoms with Crippen LogP contribution in [0.1, 0.15) is 40.8 Å². The first-order valence-corrected chi connectivity index (χ1v) is 8.08. The number of benzene rings is 1. The van der Waals surface area contributed by atoms with E-state index < -0.39 is 0 Å². The summed E-state index contributed by atoms with van der Waals surface area (Å²) in [6, 6.07) is 6.82. The van der Waals surface area contributed by atoms with Crippen LogP contribution in [0.4, 0.5) is 16.6 Å². The molecule has 6 nitrogen and oxygen atoms in total. The minimum atomic E-state index is -0.359. The molecule has 1 heterocycles. The number of hydrogen-bond donors (Lipinski definition) is 2. The van der Waals surface area contributed by atoms with E-state index >= 15 is 0 Å². The van der Waals surface area contributed by atoms with Crippen molar-refractivity contribution in [3.63, 3.8) is 0 Å². The highest BCUT2D eigenvalue weighted by atomic mass is 32.1. The molecule has 0 aliphatic carbocycles. The molecule has 2 rings (SSSR count). The van der Waals surface area contributed by atoms with Crippen LogP contribution in [-0.4, -0.2) is 23.3 Å². The molecule has 0 fully saturated rings. The molecule has 7 heteroatoms. The molecule has 0 saturated heterocycles. The number of thiazole rings is 1. The van der Waals surface area contributed by atoms with E-state index in [1.807, 2.05) is 13.8 Å². The predicted molar refractivity (Wildman–Crippen MR) is 91.4 cm³/mol. The van der Waals surface area contributed by atoms with Gasteiger partial charge >= 0.3 is 5.97 Å². The van der Waals surface area contributed by atoms with E-state index in [2.05, 4.69) is 10.3 Å². The summed E-state index contributed by atoms with van der Waals surface area (Å²) in [5.74, 6) is -0.276. The molecular weight excluding hydrogens is 314 g/mol. The number of nitrogens with zero attached hydrogens (tertiary/aromatic N) is 1. The molecule has 0 unspecified atom stereocenters. The van der Waals surface area contributed by atoms with E-state index in [4.69, 9.17) is 10.5 Å². The first kappa shape index (κ1) is 17.0. The summed E-state index contributed by atoms with van der Waals surface area (Å²) in [4.78, 5) is 28.3. The van der Waals surface area contributed by atoms with Gasteiger partial charge in [0.15, 0.2) is 10.9 Å². The van der Waals surface area contributed by atoms with Crippen LogP contribution in [0.5, 0.6) is 0 Å². The molecule has 0 bridgehead atoms.